The summed E-state index contributed by atoms with van der Waals surface area (Å²) < 4.78 is 23.4. The molecule has 0 amide bonds. The molecule has 11 heavy (non-hydrogen) atoms. The predicted octanol–water partition coefficient (Wildman–Crippen LogP) is 0.723. The first-order valence-electron chi connectivity index (χ1n) is 2.80. The quantitative estimate of drug-likeness (QED) is 0.685. The van der Waals surface area contributed by atoms with Crippen molar-refractivity contribution < 1.29 is 18.7 Å². The van der Waals surface area contributed by atoms with Crippen molar-refractivity contribution in [3.8, 4) is 0 Å². The highest BCUT2D eigenvalue weighted by molar-refractivity contribution is 5.85. The Morgan fingerprint density at radius 3 is 2.09 bits per heavy atom. The molecule has 68 valence electrons. The number of carbonyl (C=O) groups is 1. The summed E-state index contributed by atoms with van der Waals surface area (Å²) in [6.45, 7) is -0.0265. The van der Waals surface area contributed by atoms with Gasteiger partial charge in [-0.2, -0.15) is 0 Å². The highest BCUT2D eigenvalue weighted by Crippen LogP contribution is 2.12. The molecule has 0 rings (SSSR count). The molecule has 0 aromatic heterocycles. The Labute approximate surface area is 69.0 Å². The second kappa shape index (κ2) is 6.30. The van der Waals surface area contributed by atoms with Gasteiger partial charge >= 0.3 is 5.97 Å². The molecule has 0 bridgehead atoms. The van der Waals surface area contributed by atoms with Crippen LogP contribution in [-0.4, -0.2) is 24.0 Å². The van der Waals surface area contributed by atoms with Crippen LogP contribution >= 0.6 is 12.4 Å². The van der Waals surface area contributed by atoms with E-state index < -0.39 is 18.3 Å². The van der Waals surface area contributed by atoms with Gasteiger partial charge in [0.2, 0.25) is 0 Å². The standard InChI is InChI=1S/C5H9F2NO2.ClH/c6-4(7)3(1-2-8)5(9)10;/h3-4H,1-2,8H2,(H,9,10);1H/t3-;/m0./s1. The van der Waals surface area contributed by atoms with Gasteiger partial charge in [0.1, 0.15) is 5.92 Å². The average Bonchev–Trinajstić information content (AvgIpc) is 1.81. The molecule has 0 aliphatic carbocycles. The third-order valence-corrected chi connectivity index (χ3v) is 1.10. The van der Waals surface area contributed by atoms with Crippen molar-refractivity contribution in [3.05, 3.63) is 0 Å². The van der Waals surface area contributed by atoms with Gasteiger partial charge < -0.3 is 10.8 Å². The molecule has 0 radical (unpaired) electrons. The van der Waals surface area contributed by atoms with Gasteiger partial charge in [-0.25, -0.2) is 8.78 Å². The smallest absolute Gasteiger partial charge is 0.312 e. The number of nitrogens with two attached hydrogens (primary N) is 1. The van der Waals surface area contributed by atoms with Gasteiger partial charge in [0.15, 0.2) is 0 Å². The van der Waals surface area contributed by atoms with Crippen LogP contribution in [0.4, 0.5) is 8.78 Å². The highest BCUT2D eigenvalue weighted by Gasteiger charge is 2.26. The summed E-state index contributed by atoms with van der Waals surface area (Å²) in [7, 11) is 0. The molecule has 6 heteroatoms. The second-order valence-corrected chi connectivity index (χ2v) is 1.86. The van der Waals surface area contributed by atoms with Crippen molar-refractivity contribution in [1.29, 1.82) is 0 Å². The number of hydrogen-bond acceptors (Lipinski definition) is 2. The Bertz CT molecular complexity index is 123. The fraction of sp³-hybridized carbons (Fsp3) is 0.800. The van der Waals surface area contributed by atoms with Crippen LogP contribution in [0.3, 0.4) is 0 Å². The summed E-state index contributed by atoms with van der Waals surface area (Å²) in [6, 6.07) is 0. The molecule has 0 aromatic carbocycles. The van der Waals surface area contributed by atoms with E-state index in [0.717, 1.165) is 0 Å². The first-order valence-corrected chi connectivity index (χ1v) is 2.80. The van der Waals surface area contributed by atoms with E-state index in [0.29, 0.717) is 0 Å². The Morgan fingerprint density at radius 1 is 1.55 bits per heavy atom. The van der Waals surface area contributed by atoms with Gasteiger partial charge in [-0.05, 0) is 13.0 Å². The van der Waals surface area contributed by atoms with E-state index in [1.54, 1.807) is 0 Å². The fourth-order valence-electron chi connectivity index (χ4n) is 0.537. The minimum Gasteiger partial charge on any atom is -0.481 e. The Balaban J connectivity index is 0. The van der Waals surface area contributed by atoms with Crippen molar-refractivity contribution in [2.75, 3.05) is 6.54 Å². The first kappa shape index (κ1) is 13.2. The minimum absolute atomic E-state index is 0. The van der Waals surface area contributed by atoms with Gasteiger partial charge in [0, 0.05) is 0 Å². The van der Waals surface area contributed by atoms with Crippen molar-refractivity contribution in [1.82, 2.24) is 0 Å². The first-order chi connectivity index (χ1) is 4.59. The molecule has 0 saturated heterocycles. The number of hydrogen-bond donors (Lipinski definition) is 2. The molecule has 0 unspecified atom stereocenters. The topological polar surface area (TPSA) is 63.3 Å². The fourth-order valence-corrected chi connectivity index (χ4v) is 0.537. The van der Waals surface area contributed by atoms with E-state index in [1.807, 2.05) is 0 Å². The van der Waals surface area contributed by atoms with Crippen LogP contribution in [0.15, 0.2) is 0 Å². The zero-order valence-electron chi connectivity index (χ0n) is 5.67. The van der Waals surface area contributed by atoms with E-state index in [2.05, 4.69) is 0 Å². The van der Waals surface area contributed by atoms with E-state index in [4.69, 9.17) is 10.8 Å². The molecule has 0 aromatic rings. The number of rotatable bonds is 4. The number of carboxylic acid groups (broad SMARTS) is 1. The summed E-state index contributed by atoms with van der Waals surface area (Å²) in [4.78, 5) is 10.00. The van der Waals surface area contributed by atoms with E-state index in [1.165, 1.54) is 0 Å². The van der Waals surface area contributed by atoms with Gasteiger partial charge in [0.25, 0.3) is 6.43 Å². The van der Waals surface area contributed by atoms with Crippen LogP contribution in [0.25, 0.3) is 0 Å². The monoisotopic (exact) mass is 189 g/mol. The molecule has 0 aliphatic rings. The van der Waals surface area contributed by atoms with Crippen molar-refractivity contribution >= 4 is 18.4 Å². The summed E-state index contributed by atoms with van der Waals surface area (Å²) >= 11 is 0. The number of aliphatic carboxylic acids is 1. The van der Waals surface area contributed by atoms with Gasteiger partial charge in [-0.1, -0.05) is 0 Å². The van der Waals surface area contributed by atoms with Crippen molar-refractivity contribution in [3.63, 3.8) is 0 Å². The van der Waals surface area contributed by atoms with Gasteiger partial charge in [-0.3, -0.25) is 4.79 Å². The molecule has 0 aliphatic heterocycles. The van der Waals surface area contributed by atoms with Crippen LogP contribution in [0.5, 0.6) is 0 Å². The van der Waals surface area contributed by atoms with E-state index in [9.17, 15) is 13.6 Å². The average molecular weight is 190 g/mol. The zero-order valence-corrected chi connectivity index (χ0v) is 6.48. The summed E-state index contributed by atoms with van der Waals surface area (Å²) in [6.07, 6.45) is -2.99. The second-order valence-electron chi connectivity index (χ2n) is 1.86. The van der Waals surface area contributed by atoms with E-state index in [-0.39, 0.29) is 25.4 Å². The zero-order chi connectivity index (χ0) is 8.15. The minimum atomic E-state index is -2.82. The summed E-state index contributed by atoms with van der Waals surface area (Å²) in [5, 5.41) is 8.14. The lowest BCUT2D eigenvalue weighted by Crippen LogP contribution is -2.24. The lowest BCUT2D eigenvalue weighted by Gasteiger charge is -2.07. The molecular formula is C5H10ClF2NO2. The Hall–Kier alpha value is -0.420. The summed E-state index contributed by atoms with van der Waals surface area (Å²) in [5.41, 5.74) is 4.91. The normalized spacial score (nSPS) is 12.4. The maximum atomic E-state index is 11.7. The van der Waals surface area contributed by atoms with Crippen LogP contribution in [0.2, 0.25) is 0 Å². The molecule has 3 nitrogen and oxygen atoms in total. The lowest BCUT2D eigenvalue weighted by molar-refractivity contribution is -0.147. The molecular weight excluding hydrogens is 180 g/mol. The number of halogens is 3. The largest absolute Gasteiger partial charge is 0.481 e. The van der Waals surface area contributed by atoms with Crippen molar-refractivity contribution in [2.24, 2.45) is 11.7 Å². The molecule has 0 saturated carbocycles. The predicted molar refractivity (Wildman–Crippen MR) is 38.0 cm³/mol. The van der Waals surface area contributed by atoms with E-state index >= 15 is 0 Å². The SMILES string of the molecule is Cl.NCC[C@H](C(=O)O)C(F)F. The molecule has 0 fully saturated rings. The Kier molecular flexibility index (Phi) is 7.55. The number of alkyl halides is 2. The lowest BCUT2D eigenvalue weighted by atomic mass is 10.1. The molecule has 3 N–H and O–H groups in total. The van der Waals surface area contributed by atoms with Crippen molar-refractivity contribution in [2.45, 2.75) is 12.8 Å². The van der Waals surface area contributed by atoms with Crippen LogP contribution in [0.1, 0.15) is 6.42 Å². The maximum Gasteiger partial charge on any atom is 0.312 e. The molecule has 0 heterocycles. The maximum absolute atomic E-state index is 11.7. The molecule has 1 atom stereocenters. The molecule has 0 spiro atoms. The third kappa shape index (κ3) is 4.92. The van der Waals surface area contributed by atoms with Crippen LogP contribution < -0.4 is 5.73 Å². The summed E-state index contributed by atoms with van der Waals surface area (Å²) in [5.74, 6) is -3.09. The van der Waals surface area contributed by atoms with Gasteiger partial charge in [0.05, 0.1) is 0 Å². The Morgan fingerprint density at radius 2 is 2.00 bits per heavy atom. The van der Waals surface area contributed by atoms with Gasteiger partial charge in [-0.15, -0.1) is 12.4 Å². The third-order valence-electron chi connectivity index (χ3n) is 1.10. The highest BCUT2D eigenvalue weighted by atomic mass is 35.5. The van der Waals surface area contributed by atoms with Crippen LogP contribution in [0, 0.1) is 5.92 Å². The van der Waals surface area contributed by atoms with Crippen LogP contribution in [-0.2, 0) is 4.79 Å². The number of carboxylic acids is 1.